The summed E-state index contributed by atoms with van der Waals surface area (Å²) in [5, 5.41) is 0. The lowest BCUT2D eigenvalue weighted by atomic mass is 10.1. The number of benzene rings is 3. The number of nitrogens with one attached hydrogen (secondary N) is 1. The zero-order valence-corrected chi connectivity index (χ0v) is 18.0. The molecule has 0 fully saturated rings. The minimum Gasteiger partial charge on any atom is -0.353 e. The van der Waals surface area contributed by atoms with E-state index < -0.39 is 0 Å². The summed E-state index contributed by atoms with van der Waals surface area (Å²) in [5.41, 5.74) is 10.7. The summed E-state index contributed by atoms with van der Waals surface area (Å²) in [6.45, 7) is 4.24. The number of H-pyrrole nitrogens is 1. The molecule has 142 valence electrons. The number of fused-ring (bicyclic) bond motifs is 1. The van der Waals surface area contributed by atoms with Crippen LogP contribution in [0.5, 0.6) is 0 Å². The predicted molar refractivity (Wildman–Crippen MR) is 126 cm³/mol. The smallest absolute Gasteiger partial charge is 0.0718 e. The third-order valence-corrected chi connectivity index (χ3v) is 5.91. The average Bonchev–Trinajstić information content (AvgIpc) is 3.28. The van der Waals surface area contributed by atoms with Crippen LogP contribution in [0.25, 0.3) is 39.2 Å². The Morgan fingerprint density at radius 2 is 1.28 bits per heavy atom. The van der Waals surface area contributed by atoms with Crippen LogP contribution in [0.4, 0.5) is 0 Å². The Bertz CT molecular complexity index is 1290. The fourth-order valence-corrected chi connectivity index (χ4v) is 4.04. The van der Waals surface area contributed by atoms with Crippen molar-refractivity contribution in [2.24, 2.45) is 0 Å². The van der Waals surface area contributed by atoms with E-state index in [1.54, 1.807) is 0 Å². The van der Waals surface area contributed by atoms with Gasteiger partial charge in [-0.2, -0.15) is 0 Å². The minimum atomic E-state index is 1.08. The first-order chi connectivity index (χ1) is 14.1. The van der Waals surface area contributed by atoms with E-state index in [-0.39, 0.29) is 0 Å². The monoisotopic (exact) mass is 440 g/mol. The van der Waals surface area contributed by atoms with Gasteiger partial charge in [-0.3, -0.25) is 0 Å². The maximum Gasteiger partial charge on any atom is 0.0718 e. The molecule has 3 aromatic carbocycles. The highest BCUT2D eigenvalue weighted by atomic mass is 79.9. The van der Waals surface area contributed by atoms with Crippen LogP contribution >= 0.6 is 15.9 Å². The summed E-state index contributed by atoms with van der Waals surface area (Å²) in [5.74, 6) is 0. The van der Waals surface area contributed by atoms with Gasteiger partial charge in [-0.15, -0.1) is 0 Å². The SMILES string of the molecule is Cc1ccc(-c2cc3c(cc(-c4ccc(C)cc4)n3-c3ccc(Br)cc3)[nH]2)cc1. The van der Waals surface area contributed by atoms with Crippen molar-refractivity contribution in [2.75, 3.05) is 0 Å². The molecule has 0 aliphatic rings. The second kappa shape index (κ2) is 7.09. The summed E-state index contributed by atoms with van der Waals surface area (Å²) in [6, 6.07) is 30.4. The average molecular weight is 441 g/mol. The summed E-state index contributed by atoms with van der Waals surface area (Å²) in [7, 11) is 0. The molecular formula is C26H21BrN2. The zero-order chi connectivity index (χ0) is 20.0. The molecule has 0 unspecified atom stereocenters. The lowest BCUT2D eigenvalue weighted by Gasteiger charge is -2.11. The molecule has 2 nitrogen and oxygen atoms in total. The van der Waals surface area contributed by atoms with Gasteiger partial charge >= 0.3 is 0 Å². The Labute approximate surface area is 179 Å². The molecule has 1 N–H and O–H groups in total. The van der Waals surface area contributed by atoms with Crippen molar-refractivity contribution in [3.8, 4) is 28.2 Å². The molecule has 0 atom stereocenters. The van der Waals surface area contributed by atoms with Crippen molar-refractivity contribution >= 4 is 27.0 Å². The van der Waals surface area contributed by atoms with Gasteiger partial charge in [0.15, 0.2) is 0 Å². The highest BCUT2D eigenvalue weighted by Gasteiger charge is 2.15. The fourth-order valence-electron chi connectivity index (χ4n) is 3.78. The Hall–Kier alpha value is -3.04. The number of hydrogen-bond acceptors (Lipinski definition) is 0. The summed E-state index contributed by atoms with van der Waals surface area (Å²) >= 11 is 3.55. The fraction of sp³-hybridized carbons (Fsp3) is 0.0769. The molecule has 29 heavy (non-hydrogen) atoms. The second-order valence-corrected chi connectivity index (χ2v) is 8.47. The number of halogens is 1. The molecular weight excluding hydrogens is 420 g/mol. The Morgan fingerprint density at radius 3 is 1.90 bits per heavy atom. The summed E-state index contributed by atoms with van der Waals surface area (Å²) < 4.78 is 3.41. The van der Waals surface area contributed by atoms with Crippen LogP contribution in [0, 0.1) is 13.8 Å². The van der Waals surface area contributed by atoms with Crippen molar-refractivity contribution < 1.29 is 0 Å². The normalized spacial score (nSPS) is 11.3. The van der Waals surface area contributed by atoms with Crippen LogP contribution in [-0.2, 0) is 0 Å². The lowest BCUT2D eigenvalue weighted by Crippen LogP contribution is -1.96. The van der Waals surface area contributed by atoms with E-state index in [1.807, 2.05) is 0 Å². The number of aryl methyl sites for hydroxylation is 2. The molecule has 0 saturated carbocycles. The van der Waals surface area contributed by atoms with Gasteiger partial charge < -0.3 is 9.55 Å². The summed E-state index contributed by atoms with van der Waals surface area (Å²) in [6.07, 6.45) is 0. The first kappa shape index (κ1) is 18.0. The van der Waals surface area contributed by atoms with Crippen molar-refractivity contribution in [1.29, 1.82) is 0 Å². The van der Waals surface area contributed by atoms with Gasteiger partial charge in [0.05, 0.1) is 16.7 Å². The van der Waals surface area contributed by atoms with Crippen LogP contribution < -0.4 is 0 Å². The van der Waals surface area contributed by atoms with Crippen LogP contribution in [0.2, 0.25) is 0 Å². The molecule has 2 aromatic heterocycles. The van der Waals surface area contributed by atoms with E-state index in [2.05, 4.69) is 124 Å². The molecule has 0 saturated heterocycles. The quantitative estimate of drug-likeness (QED) is 0.297. The molecule has 0 aliphatic carbocycles. The van der Waals surface area contributed by atoms with E-state index in [0.29, 0.717) is 0 Å². The molecule has 0 radical (unpaired) electrons. The van der Waals surface area contributed by atoms with Crippen molar-refractivity contribution in [3.63, 3.8) is 0 Å². The van der Waals surface area contributed by atoms with Gasteiger partial charge in [0.1, 0.15) is 0 Å². The first-order valence-corrected chi connectivity index (χ1v) is 10.5. The summed E-state index contributed by atoms with van der Waals surface area (Å²) in [4.78, 5) is 3.62. The zero-order valence-electron chi connectivity index (χ0n) is 16.4. The van der Waals surface area contributed by atoms with Gasteiger partial charge in [0.25, 0.3) is 0 Å². The standard InChI is InChI=1S/C26H21BrN2/c1-17-3-7-19(8-4-17)23-15-26-24(28-23)16-25(20-9-5-18(2)6-10-20)29(26)22-13-11-21(27)12-14-22/h3-16,28H,1-2H3. The van der Waals surface area contributed by atoms with Crippen molar-refractivity contribution in [1.82, 2.24) is 9.55 Å². The third-order valence-electron chi connectivity index (χ3n) is 5.38. The first-order valence-electron chi connectivity index (χ1n) is 9.73. The minimum absolute atomic E-state index is 1.08. The molecule has 3 heteroatoms. The van der Waals surface area contributed by atoms with Crippen LogP contribution in [0.1, 0.15) is 11.1 Å². The van der Waals surface area contributed by atoms with Gasteiger partial charge in [-0.05, 0) is 61.4 Å². The number of rotatable bonds is 3. The lowest BCUT2D eigenvalue weighted by molar-refractivity contribution is 1.13. The molecule has 0 amide bonds. The molecule has 0 aliphatic heterocycles. The van der Waals surface area contributed by atoms with Gasteiger partial charge in [0.2, 0.25) is 0 Å². The largest absolute Gasteiger partial charge is 0.353 e. The second-order valence-electron chi connectivity index (χ2n) is 7.56. The Kier molecular flexibility index (Phi) is 4.40. The predicted octanol–water partition coefficient (Wildman–Crippen LogP) is 7.67. The Balaban J connectivity index is 1.73. The molecule has 2 heterocycles. The molecule has 0 bridgehead atoms. The van der Waals surface area contributed by atoms with E-state index in [0.717, 1.165) is 21.4 Å². The molecule has 5 aromatic rings. The molecule has 5 rings (SSSR count). The van der Waals surface area contributed by atoms with Crippen molar-refractivity contribution in [3.05, 3.63) is 101 Å². The maximum atomic E-state index is 3.62. The van der Waals surface area contributed by atoms with Crippen molar-refractivity contribution in [2.45, 2.75) is 13.8 Å². The molecule has 0 spiro atoms. The number of aromatic amines is 1. The van der Waals surface area contributed by atoms with Gasteiger partial charge in [-0.1, -0.05) is 75.6 Å². The van der Waals surface area contributed by atoms with Gasteiger partial charge in [0, 0.05) is 15.9 Å². The third kappa shape index (κ3) is 3.32. The van der Waals surface area contributed by atoms with E-state index >= 15 is 0 Å². The Morgan fingerprint density at radius 1 is 0.690 bits per heavy atom. The van der Waals surface area contributed by atoms with Crippen LogP contribution in [0.3, 0.4) is 0 Å². The van der Waals surface area contributed by atoms with Gasteiger partial charge in [-0.25, -0.2) is 0 Å². The number of hydrogen-bond donors (Lipinski definition) is 1. The van der Waals surface area contributed by atoms with E-state index in [9.17, 15) is 0 Å². The van der Waals surface area contributed by atoms with E-state index in [1.165, 1.54) is 33.5 Å². The number of aromatic nitrogens is 2. The van der Waals surface area contributed by atoms with Crippen LogP contribution in [-0.4, -0.2) is 9.55 Å². The van der Waals surface area contributed by atoms with Crippen LogP contribution in [0.15, 0.2) is 89.4 Å². The maximum absolute atomic E-state index is 3.62. The highest BCUT2D eigenvalue weighted by molar-refractivity contribution is 9.10. The number of nitrogens with zero attached hydrogens (tertiary/aromatic N) is 1. The van der Waals surface area contributed by atoms with E-state index in [4.69, 9.17) is 0 Å². The topological polar surface area (TPSA) is 20.7 Å². The highest BCUT2D eigenvalue weighted by Crippen LogP contribution is 2.34.